The lowest BCUT2D eigenvalue weighted by atomic mass is 10.3. The maximum absolute atomic E-state index is 11.4. The van der Waals surface area contributed by atoms with Crippen LogP contribution in [0.5, 0.6) is 0 Å². The summed E-state index contributed by atoms with van der Waals surface area (Å²) in [4.78, 5) is 11.9. The number of ether oxygens (including phenoxy) is 1. The third-order valence-electron chi connectivity index (χ3n) is 1.68. The van der Waals surface area contributed by atoms with Crippen molar-refractivity contribution in [3.63, 3.8) is 0 Å². The van der Waals surface area contributed by atoms with E-state index in [0.29, 0.717) is 24.4 Å². The third kappa shape index (κ3) is 4.55. The summed E-state index contributed by atoms with van der Waals surface area (Å²) < 4.78 is 8.47. The van der Waals surface area contributed by atoms with Crippen molar-refractivity contribution in [3.8, 4) is 0 Å². The largest absolute Gasteiger partial charge is 0.383 e. The van der Waals surface area contributed by atoms with Crippen molar-refractivity contribution in [1.29, 1.82) is 0 Å². The first-order valence-electron chi connectivity index (χ1n) is 4.42. The second kappa shape index (κ2) is 6.71. The van der Waals surface area contributed by atoms with Gasteiger partial charge >= 0.3 is 0 Å². The van der Waals surface area contributed by atoms with E-state index in [0.717, 1.165) is 11.5 Å². The van der Waals surface area contributed by atoms with Gasteiger partial charge in [-0.25, -0.2) is 0 Å². The van der Waals surface area contributed by atoms with Crippen molar-refractivity contribution in [2.45, 2.75) is 11.8 Å². The summed E-state index contributed by atoms with van der Waals surface area (Å²) in [6.45, 7) is 1.01. The summed E-state index contributed by atoms with van der Waals surface area (Å²) >= 11 is 6.96. The molecule has 0 saturated carbocycles. The van der Waals surface area contributed by atoms with Gasteiger partial charge in [0.2, 0.25) is 0 Å². The van der Waals surface area contributed by atoms with E-state index in [-0.39, 0.29) is 11.3 Å². The molecule has 0 aliphatic rings. The van der Waals surface area contributed by atoms with E-state index >= 15 is 0 Å². The zero-order valence-electron chi connectivity index (χ0n) is 8.27. The van der Waals surface area contributed by atoms with Crippen LogP contribution in [0.4, 0.5) is 0 Å². The highest BCUT2D eigenvalue weighted by atomic mass is 35.5. The number of methoxy groups -OCH3 is 1. The van der Waals surface area contributed by atoms with E-state index in [1.807, 2.05) is 0 Å². The fourth-order valence-electron chi connectivity index (χ4n) is 0.961. The fourth-order valence-corrected chi connectivity index (χ4v) is 1.63. The van der Waals surface area contributed by atoms with Gasteiger partial charge in [0.05, 0.1) is 18.2 Å². The first kappa shape index (κ1) is 12.4. The zero-order valence-corrected chi connectivity index (χ0v) is 9.85. The summed E-state index contributed by atoms with van der Waals surface area (Å²) in [6.07, 6.45) is 2.11. The smallest absolute Gasteiger partial charge is 0.264 e. The monoisotopic (exact) mass is 249 g/mol. The Bertz CT molecular complexity index is 294. The highest BCUT2D eigenvalue weighted by molar-refractivity contribution is 7.07. The van der Waals surface area contributed by atoms with Gasteiger partial charge in [0.15, 0.2) is 0 Å². The number of nitrogens with one attached hydrogen (secondary N) is 1. The molecular formula is C8H12ClN3O2S. The summed E-state index contributed by atoms with van der Waals surface area (Å²) in [5, 5.41) is 6.23. The summed E-state index contributed by atoms with van der Waals surface area (Å²) in [5.74, 6) is -0.161. The minimum atomic E-state index is -0.161. The molecule has 1 unspecified atom stereocenters. The molecule has 5 nitrogen and oxygen atoms in total. The molecule has 0 aromatic carbocycles. The van der Waals surface area contributed by atoms with Crippen molar-refractivity contribution < 1.29 is 9.53 Å². The molecule has 0 radical (unpaired) electrons. The number of hydrogen-bond acceptors (Lipinski definition) is 5. The van der Waals surface area contributed by atoms with Crippen molar-refractivity contribution in [2.75, 3.05) is 20.3 Å². The van der Waals surface area contributed by atoms with Crippen LogP contribution in [-0.4, -0.2) is 41.1 Å². The third-order valence-corrected chi connectivity index (χ3v) is 2.68. The molecule has 1 aromatic rings. The minimum absolute atomic E-state index is 0.0742. The van der Waals surface area contributed by atoms with Crippen LogP contribution in [0, 0.1) is 0 Å². The number of carbonyl (C=O) groups excluding carboxylic acids is 1. The summed E-state index contributed by atoms with van der Waals surface area (Å²) in [5.41, 5.74) is 0. The van der Waals surface area contributed by atoms with E-state index in [2.05, 4.69) is 14.9 Å². The quantitative estimate of drug-likeness (QED) is 0.762. The lowest BCUT2D eigenvalue weighted by Crippen LogP contribution is -2.26. The van der Waals surface area contributed by atoms with Crippen molar-refractivity contribution >= 4 is 29.0 Å². The molecule has 1 atom stereocenters. The first-order chi connectivity index (χ1) is 7.24. The molecule has 0 saturated heterocycles. The van der Waals surface area contributed by atoms with Crippen LogP contribution < -0.4 is 5.32 Å². The Labute approximate surface area is 96.9 Å². The van der Waals surface area contributed by atoms with Crippen molar-refractivity contribution in [3.05, 3.63) is 11.1 Å². The van der Waals surface area contributed by atoms with Gasteiger partial charge in [0.25, 0.3) is 5.91 Å². The second-order valence-corrected chi connectivity index (χ2v) is 4.28. The van der Waals surface area contributed by atoms with Crippen molar-refractivity contribution in [2.24, 2.45) is 0 Å². The highest BCUT2D eigenvalue weighted by Crippen LogP contribution is 2.03. The first-order valence-corrected chi connectivity index (χ1v) is 5.63. The number of hydrogen-bond donors (Lipinski definition) is 1. The highest BCUT2D eigenvalue weighted by Gasteiger charge is 2.09. The number of carbonyl (C=O) groups is 1. The minimum Gasteiger partial charge on any atom is -0.383 e. The Hall–Kier alpha value is -0.720. The topological polar surface area (TPSA) is 64.1 Å². The lowest BCUT2D eigenvalue weighted by molar-refractivity contribution is 0.0955. The Kier molecular flexibility index (Phi) is 5.52. The van der Waals surface area contributed by atoms with E-state index in [1.165, 1.54) is 6.20 Å². The molecule has 0 aliphatic carbocycles. The van der Waals surface area contributed by atoms with Gasteiger partial charge in [-0.15, -0.1) is 16.7 Å². The molecule has 1 aromatic heterocycles. The molecule has 0 fully saturated rings. The molecule has 1 amide bonds. The Balaban J connectivity index is 2.18. The van der Waals surface area contributed by atoms with Crippen LogP contribution in [0.15, 0.2) is 6.20 Å². The number of amides is 1. The number of alkyl halides is 1. The van der Waals surface area contributed by atoms with Crippen molar-refractivity contribution in [1.82, 2.24) is 14.9 Å². The fraction of sp³-hybridized carbons (Fsp3) is 0.625. The van der Waals surface area contributed by atoms with Gasteiger partial charge < -0.3 is 10.1 Å². The maximum Gasteiger partial charge on any atom is 0.264 e. The molecule has 15 heavy (non-hydrogen) atoms. The van der Waals surface area contributed by atoms with Gasteiger partial charge in [-0.3, -0.25) is 4.79 Å². The van der Waals surface area contributed by atoms with Gasteiger partial charge in [0.1, 0.15) is 4.88 Å². The number of nitrogens with zero attached hydrogens (tertiary/aromatic N) is 2. The molecule has 1 rings (SSSR count). The van der Waals surface area contributed by atoms with Crippen LogP contribution in [0.3, 0.4) is 0 Å². The Morgan fingerprint density at radius 1 is 1.80 bits per heavy atom. The van der Waals surface area contributed by atoms with Gasteiger partial charge in [-0.05, 0) is 18.0 Å². The standard InChI is InChI=1S/C8H12ClN3O2S/c1-14-5-6(9)2-3-10-8(13)7-4-11-12-15-7/h4,6H,2-3,5H2,1H3,(H,10,13). The number of aromatic nitrogens is 2. The molecule has 0 bridgehead atoms. The lowest BCUT2D eigenvalue weighted by Gasteiger charge is -2.08. The van der Waals surface area contributed by atoms with Crippen LogP contribution >= 0.6 is 23.1 Å². The van der Waals surface area contributed by atoms with Gasteiger partial charge in [-0.2, -0.15) is 0 Å². The second-order valence-electron chi connectivity index (χ2n) is 2.88. The molecule has 0 spiro atoms. The van der Waals surface area contributed by atoms with Gasteiger partial charge in [-0.1, -0.05) is 4.49 Å². The average Bonchev–Trinajstić information content (AvgIpc) is 2.70. The Morgan fingerprint density at radius 3 is 3.20 bits per heavy atom. The van der Waals surface area contributed by atoms with E-state index in [1.54, 1.807) is 7.11 Å². The number of halogens is 1. The molecular weight excluding hydrogens is 238 g/mol. The van der Waals surface area contributed by atoms with Crippen LogP contribution in [-0.2, 0) is 4.74 Å². The predicted octanol–water partition coefficient (Wildman–Crippen LogP) is 0.912. The average molecular weight is 250 g/mol. The zero-order chi connectivity index (χ0) is 11.1. The maximum atomic E-state index is 11.4. The van der Waals surface area contributed by atoms with Gasteiger partial charge in [0, 0.05) is 13.7 Å². The Morgan fingerprint density at radius 2 is 2.60 bits per heavy atom. The van der Waals surface area contributed by atoms with Crippen LogP contribution in [0.1, 0.15) is 16.1 Å². The predicted molar refractivity (Wildman–Crippen MR) is 58.4 cm³/mol. The van der Waals surface area contributed by atoms with E-state index in [4.69, 9.17) is 16.3 Å². The van der Waals surface area contributed by atoms with Crippen LogP contribution in [0.2, 0.25) is 0 Å². The van der Waals surface area contributed by atoms with E-state index < -0.39 is 0 Å². The molecule has 7 heteroatoms. The molecule has 1 heterocycles. The molecule has 1 N–H and O–H groups in total. The number of rotatable bonds is 6. The molecule has 0 aliphatic heterocycles. The molecule has 84 valence electrons. The summed E-state index contributed by atoms with van der Waals surface area (Å²) in [6, 6.07) is 0. The van der Waals surface area contributed by atoms with Crippen LogP contribution in [0.25, 0.3) is 0 Å². The summed E-state index contributed by atoms with van der Waals surface area (Å²) in [7, 11) is 1.59. The van der Waals surface area contributed by atoms with E-state index in [9.17, 15) is 4.79 Å². The SMILES string of the molecule is COCC(Cl)CCNC(=O)c1cnns1. The normalized spacial score (nSPS) is 12.4.